The predicted octanol–water partition coefficient (Wildman–Crippen LogP) is 1.60. The predicted molar refractivity (Wildman–Crippen MR) is 78.4 cm³/mol. The van der Waals surface area contributed by atoms with Crippen molar-refractivity contribution in [1.82, 2.24) is 15.3 Å². The van der Waals surface area contributed by atoms with E-state index in [9.17, 15) is 8.42 Å². The normalized spacial score (nSPS) is 11.6. The quantitative estimate of drug-likeness (QED) is 0.841. The fraction of sp³-hybridized carbons (Fsp3) is 0.385. The number of sulfonamides is 1. The summed E-state index contributed by atoms with van der Waals surface area (Å²) in [5, 5.41) is 3.11. The molecular formula is C13H18N4O3S. The molecule has 2 aromatic rings. The van der Waals surface area contributed by atoms with Crippen LogP contribution in [-0.2, 0) is 16.6 Å². The summed E-state index contributed by atoms with van der Waals surface area (Å²) in [5.74, 6) is 0.969. The molecule has 0 bridgehead atoms. The first-order chi connectivity index (χ1) is 9.95. The fourth-order valence-corrected chi connectivity index (χ4v) is 3.45. The third kappa shape index (κ3) is 3.40. The molecule has 21 heavy (non-hydrogen) atoms. The molecule has 0 unspecified atom stereocenters. The van der Waals surface area contributed by atoms with Crippen molar-refractivity contribution in [2.24, 2.45) is 0 Å². The molecule has 0 saturated heterocycles. The molecule has 0 aliphatic carbocycles. The largest absolute Gasteiger partial charge is 0.465 e. The van der Waals surface area contributed by atoms with Crippen molar-refractivity contribution >= 4 is 16.0 Å². The first kappa shape index (κ1) is 15.5. The Morgan fingerprint density at radius 3 is 2.48 bits per heavy atom. The number of aryl methyl sites for hydroxylation is 2. The number of nitrogens with one attached hydrogen (secondary N) is 2. The molecule has 2 aromatic heterocycles. The Morgan fingerprint density at radius 2 is 1.86 bits per heavy atom. The number of aromatic nitrogens is 2. The second-order valence-electron chi connectivity index (χ2n) is 4.48. The second kappa shape index (κ2) is 6.23. The molecule has 2 N–H and O–H groups in total. The maximum absolute atomic E-state index is 12.5. The molecule has 7 nitrogen and oxygen atoms in total. The molecule has 114 valence electrons. The maximum Gasteiger partial charge on any atom is 0.268 e. The Balaban J connectivity index is 2.40. The maximum atomic E-state index is 12.5. The Morgan fingerprint density at radius 1 is 1.19 bits per heavy atom. The minimum absolute atomic E-state index is 0.0325. The first-order valence-electron chi connectivity index (χ1n) is 6.55. The highest BCUT2D eigenvalue weighted by Gasteiger charge is 2.27. The van der Waals surface area contributed by atoms with Crippen molar-refractivity contribution < 1.29 is 12.8 Å². The average Bonchev–Trinajstić information content (AvgIpc) is 2.72. The molecule has 0 amide bonds. The van der Waals surface area contributed by atoms with E-state index in [1.807, 2.05) is 6.92 Å². The number of furan rings is 1. The molecule has 0 saturated carbocycles. The summed E-state index contributed by atoms with van der Waals surface area (Å²) in [7, 11) is -3.79. The van der Waals surface area contributed by atoms with Crippen molar-refractivity contribution in [3.63, 3.8) is 0 Å². The SMILES string of the molecule is CCNCc1c(C)oc(C)c1S(=O)(=O)Nc1ncccn1. The van der Waals surface area contributed by atoms with Crippen LogP contribution in [0.25, 0.3) is 0 Å². The zero-order valence-electron chi connectivity index (χ0n) is 12.2. The van der Waals surface area contributed by atoms with Crippen LogP contribution in [0.2, 0.25) is 0 Å². The van der Waals surface area contributed by atoms with Gasteiger partial charge in [0.25, 0.3) is 10.0 Å². The average molecular weight is 310 g/mol. The Labute approximate surface area is 123 Å². The van der Waals surface area contributed by atoms with Gasteiger partial charge in [0.1, 0.15) is 16.4 Å². The van der Waals surface area contributed by atoms with E-state index < -0.39 is 10.0 Å². The Bertz CT molecular complexity index is 711. The number of hydrogen-bond acceptors (Lipinski definition) is 6. The zero-order valence-corrected chi connectivity index (χ0v) is 13.0. The van der Waals surface area contributed by atoms with Crippen LogP contribution in [0.15, 0.2) is 27.8 Å². The van der Waals surface area contributed by atoms with Gasteiger partial charge in [-0.1, -0.05) is 6.92 Å². The number of anilines is 1. The van der Waals surface area contributed by atoms with Crippen LogP contribution in [0, 0.1) is 13.8 Å². The van der Waals surface area contributed by atoms with E-state index >= 15 is 0 Å². The third-order valence-electron chi connectivity index (χ3n) is 2.94. The van der Waals surface area contributed by atoms with Gasteiger partial charge in [0, 0.05) is 24.5 Å². The second-order valence-corrected chi connectivity index (χ2v) is 6.10. The van der Waals surface area contributed by atoms with Gasteiger partial charge < -0.3 is 9.73 Å². The van der Waals surface area contributed by atoms with Crippen LogP contribution < -0.4 is 10.0 Å². The number of nitrogens with zero attached hydrogens (tertiary/aromatic N) is 2. The van der Waals surface area contributed by atoms with Gasteiger partial charge in [0.2, 0.25) is 5.95 Å². The van der Waals surface area contributed by atoms with E-state index in [0.29, 0.717) is 23.6 Å². The van der Waals surface area contributed by atoms with Gasteiger partial charge in [-0.15, -0.1) is 0 Å². The van der Waals surface area contributed by atoms with E-state index in [4.69, 9.17) is 4.42 Å². The van der Waals surface area contributed by atoms with Crippen LogP contribution in [-0.4, -0.2) is 24.9 Å². The standard InChI is InChI=1S/C13H18N4O3S/c1-4-14-8-11-9(2)20-10(3)12(11)21(18,19)17-13-15-6-5-7-16-13/h5-7,14H,4,8H2,1-3H3,(H,15,16,17). The van der Waals surface area contributed by atoms with Gasteiger partial charge in [-0.2, -0.15) is 0 Å². The molecule has 0 spiro atoms. The Kier molecular flexibility index (Phi) is 4.59. The first-order valence-corrected chi connectivity index (χ1v) is 8.03. The van der Waals surface area contributed by atoms with Crippen LogP contribution >= 0.6 is 0 Å². The molecule has 0 aromatic carbocycles. The fourth-order valence-electron chi connectivity index (χ4n) is 2.04. The minimum Gasteiger partial charge on any atom is -0.465 e. The summed E-state index contributed by atoms with van der Waals surface area (Å²) >= 11 is 0. The summed E-state index contributed by atoms with van der Waals surface area (Å²) in [6.45, 7) is 6.48. The lowest BCUT2D eigenvalue weighted by Gasteiger charge is -2.08. The molecule has 0 aliphatic heterocycles. The summed E-state index contributed by atoms with van der Waals surface area (Å²) in [6, 6.07) is 1.61. The van der Waals surface area contributed by atoms with Crippen LogP contribution in [0.5, 0.6) is 0 Å². The van der Waals surface area contributed by atoms with Crippen LogP contribution in [0.4, 0.5) is 5.95 Å². The van der Waals surface area contributed by atoms with Crippen LogP contribution in [0.3, 0.4) is 0 Å². The Hall–Kier alpha value is -1.93. The van der Waals surface area contributed by atoms with Gasteiger partial charge >= 0.3 is 0 Å². The van der Waals surface area contributed by atoms with Gasteiger partial charge in [0.15, 0.2) is 0 Å². The van der Waals surface area contributed by atoms with Gasteiger partial charge in [-0.3, -0.25) is 0 Å². The van der Waals surface area contributed by atoms with Crippen molar-refractivity contribution in [3.8, 4) is 0 Å². The summed E-state index contributed by atoms with van der Waals surface area (Å²) in [6.07, 6.45) is 2.94. The van der Waals surface area contributed by atoms with Crippen molar-refractivity contribution in [3.05, 3.63) is 35.5 Å². The van der Waals surface area contributed by atoms with E-state index in [-0.39, 0.29) is 10.8 Å². The minimum atomic E-state index is -3.79. The highest BCUT2D eigenvalue weighted by Crippen LogP contribution is 2.27. The molecule has 8 heteroatoms. The highest BCUT2D eigenvalue weighted by molar-refractivity contribution is 7.92. The van der Waals surface area contributed by atoms with E-state index in [0.717, 1.165) is 6.54 Å². The van der Waals surface area contributed by atoms with E-state index in [1.54, 1.807) is 19.9 Å². The summed E-state index contributed by atoms with van der Waals surface area (Å²) in [4.78, 5) is 7.89. The van der Waals surface area contributed by atoms with Crippen LogP contribution in [0.1, 0.15) is 24.0 Å². The third-order valence-corrected chi connectivity index (χ3v) is 4.46. The molecule has 2 rings (SSSR count). The van der Waals surface area contributed by atoms with Crippen molar-refractivity contribution in [2.45, 2.75) is 32.2 Å². The molecule has 0 aliphatic rings. The lowest BCUT2D eigenvalue weighted by molar-refractivity contribution is 0.493. The van der Waals surface area contributed by atoms with Gasteiger partial charge in [-0.05, 0) is 26.5 Å². The topological polar surface area (TPSA) is 97.1 Å². The lowest BCUT2D eigenvalue weighted by atomic mass is 10.2. The highest BCUT2D eigenvalue weighted by atomic mass is 32.2. The monoisotopic (exact) mass is 310 g/mol. The zero-order chi connectivity index (χ0) is 15.5. The van der Waals surface area contributed by atoms with E-state index in [1.165, 1.54) is 12.4 Å². The molecule has 0 fully saturated rings. The number of hydrogen-bond donors (Lipinski definition) is 2. The van der Waals surface area contributed by atoms with Gasteiger partial charge in [0.05, 0.1) is 0 Å². The van der Waals surface area contributed by atoms with Gasteiger partial charge in [-0.25, -0.2) is 23.1 Å². The smallest absolute Gasteiger partial charge is 0.268 e. The summed E-state index contributed by atoms with van der Waals surface area (Å²) in [5.41, 5.74) is 0.623. The van der Waals surface area contributed by atoms with E-state index in [2.05, 4.69) is 20.0 Å². The van der Waals surface area contributed by atoms with Crippen molar-refractivity contribution in [1.29, 1.82) is 0 Å². The lowest BCUT2D eigenvalue weighted by Crippen LogP contribution is -2.19. The van der Waals surface area contributed by atoms with Crippen molar-refractivity contribution in [2.75, 3.05) is 11.3 Å². The number of rotatable bonds is 6. The summed E-state index contributed by atoms with van der Waals surface area (Å²) < 4.78 is 32.9. The molecular weight excluding hydrogens is 292 g/mol. The molecule has 0 atom stereocenters. The molecule has 2 heterocycles. The molecule has 0 radical (unpaired) electrons.